The van der Waals surface area contributed by atoms with Gasteiger partial charge in [0.2, 0.25) is 0 Å². The number of rotatable bonds is 7. The lowest BCUT2D eigenvalue weighted by Crippen LogP contribution is -2.60. The third-order valence-corrected chi connectivity index (χ3v) is 5.79. The van der Waals surface area contributed by atoms with Crippen LogP contribution in [0.25, 0.3) is 0 Å². The van der Waals surface area contributed by atoms with Crippen LogP contribution in [0, 0.1) is 0 Å². The SMILES string of the molecule is C[C@](CN(c1ccccc1N)C1CCCCC1)(NC(=O)OC(=O)c1ccccc1)C(=O)O. The summed E-state index contributed by atoms with van der Waals surface area (Å²) in [5, 5.41) is 12.4. The van der Waals surface area contributed by atoms with E-state index in [1.807, 2.05) is 23.1 Å². The van der Waals surface area contributed by atoms with E-state index in [2.05, 4.69) is 5.32 Å². The average molecular weight is 440 g/mol. The Hall–Kier alpha value is -3.55. The third kappa shape index (κ3) is 5.57. The summed E-state index contributed by atoms with van der Waals surface area (Å²) >= 11 is 0. The molecule has 0 heterocycles. The predicted octanol–water partition coefficient (Wildman–Crippen LogP) is 3.82. The number of nitrogen functional groups attached to an aromatic ring is 1. The Morgan fingerprint density at radius 2 is 1.69 bits per heavy atom. The fourth-order valence-electron chi connectivity index (χ4n) is 4.02. The topological polar surface area (TPSA) is 122 Å². The van der Waals surface area contributed by atoms with Gasteiger partial charge >= 0.3 is 18.0 Å². The molecule has 1 saturated carbocycles. The normalized spacial score (nSPS) is 15.9. The van der Waals surface area contributed by atoms with E-state index >= 15 is 0 Å². The average Bonchev–Trinajstić information content (AvgIpc) is 2.79. The highest BCUT2D eigenvalue weighted by Crippen LogP contribution is 2.32. The number of carboxylic acid groups (broad SMARTS) is 1. The van der Waals surface area contributed by atoms with Gasteiger partial charge in [0, 0.05) is 6.04 Å². The van der Waals surface area contributed by atoms with Crippen LogP contribution in [0.3, 0.4) is 0 Å². The molecule has 2 aromatic rings. The third-order valence-electron chi connectivity index (χ3n) is 5.79. The summed E-state index contributed by atoms with van der Waals surface area (Å²) in [5.74, 6) is -2.09. The van der Waals surface area contributed by atoms with Crippen LogP contribution in [0.15, 0.2) is 54.6 Å². The second-order valence-corrected chi connectivity index (χ2v) is 8.28. The van der Waals surface area contributed by atoms with E-state index in [0.717, 1.165) is 37.8 Å². The molecule has 1 aliphatic rings. The number of aliphatic carboxylic acids is 1. The van der Waals surface area contributed by atoms with Crippen LogP contribution in [-0.4, -0.2) is 41.3 Å². The van der Waals surface area contributed by atoms with E-state index in [-0.39, 0.29) is 18.2 Å². The van der Waals surface area contributed by atoms with Crippen molar-refractivity contribution >= 4 is 29.4 Å². The Morgan fingerprint density at radius 3 is 2.31 bits per heavy atom. The molecule has 1 atom stereocenters. The van der Waals surface area contributed by atoms with Gasteiger partial charge in [-0.25, -0.2) is 14.4 Å². The molecule has 2 aromatic carbocycles. The van der Waals surface area contributed by atoms with Gasteiger partial charge in [0.05, 0.1) is 23.5 Å². The molecule has 0 aromatic heterocycles. The zero-order valence-electron chi connectivity index (χ0n) is 18.1. The molecular formula is C24H29N3O5. The number of nitrogens with zero attached hydrogens (tertiary/aromatic N) is 1. The molecule has 1 aliphatic carbocycles. The Kier molecular flexibility index (Phi) is 7.35. The first-order valence-electron chi connectivity index (χ1n) is 10.7. The number of amides is 1. The lowest BCUT2D eigenvalue weighted by Gasteiger charge is -2.41. The Morgan fingerprint density at radius 1 is 1.06 bits per heavy atom. The van der Waals surface area contributed by atoms with E-state index in [4.69, 9.17) is 10.5 Å². The van der Waals surface area contributed by atoms with Crippen molar-refractivity contribution in [2.75, 3.05) is 17.2 Å². The van der Waals surface area contributed by atoms with E-state index in [1.165, 1.54) is 19.1 Å². The quantitative estimate of drug-likeness (QED) is 0.341. The first-order chi connectivity index (χ1) is 15.3. The summed E-state index contributed by atoms with van der Waals surface area (Å²) in [6.07, 6.45) is 3.91. The summed E-state index contributed by atoms with van der Waals surface area (Å²) in [5.41, 5.74) is 5.95. The standard InChI is InChI=1S/C24H29N3O5/c1-24(22(29)30,26-23(31)32-21(28)17-10-4-2-5-11-17)16-27(18-12-6-3-7-13-18)20-15-9-8-14-19(20)25/h2,4-5,8-11,14-15,18H,3,6-7,12-13,16,25H2,1H3,(H,26,31)(H,29,30)/t24-/m1/s1. The number of alkyl carbamates (subject to hydrolysis) is 1. The van der Waals surface area contributed by atoms with E-state index in [0.29, 0.717) is 5.69 Å². The van der Waals surface area contributed by atoms with Crippen LogP contribution >= 0.6 is 0 Å². The minimum absolute atomic E-state index is 0.0319. The van der Waals surface area contributed by atoms with Crippen molar-refractivity contribution in [3.05, 3.63) is 60.2 Å². The zero-order chi connectivity index (χ0) is 23.1. The largest absolute Gasteiger partial charge is 0.479 e. The minimum atomic E-state index is -1.71. The van der Waals surface area contributed by atoms with Crippen molar-refractivity contribution in [3.63, 3.8) is 0 Å². The highest BCUT2D eigenvalue weighted by atomic mass is 16.6. The fraction of sp³-hybridized carbons (Fsp3) is 0.375. The number of carboxylic acids is 1. The molecule has 1 fully saturated rings. The van der Waals surface area contributed by atoms with Crippen LogP contribution in [0.4, 0.5) is 16.2 Å². The maximum atomic E-state index is 12.4. The number of anilines is 2. The minimum Gasteiger partial charge on any atom is -0.479 e. The molecule has 0 saturated heterocycles. The smallest absolute Gasteiger partial charge is 0.416 e. The summed E-state index contributed by atoms with van der Waals surface area (Å²) in [6.45, 7) is 1.37. The molecule has 8 heteroatoms. The van der Waals surface area contributed by atoms with Gasteiger partial charge in [-0.2, -0.15) is 0 Å². The number of hydrogen-bond acceptors (Lipinski definition) is 6. The van der Waals surface area contributed by atoms with Crippen LogP contribution in [0.5, 0.6) is 0 Å². The highest BCUT2D eigenvalue weighted by molar-refractivity contribution is 5.97. The van der Waals surface area contributed by atoms with Gasteiger partial charge in [-0.05, 0) is 44.0 Å². The maximum Gasteiger partial charge on any atom is 0.416 e. The number of hydrogen-bond donors (Lipinski definition) is 3. The van der Waals surface area contributed by atoms with Crippen molar-refractivity contribution in [2.24, 2.45) is 0 Å². The molecule has 32 heavy (non-hydrogen) atoms. The maximum absolute atomic E-state index is 12.4. The number of benzene rings is 2. The number of nitrogens with two attached hydrogens (primary N) is 1. The lowest BCUT2D eigenvalue weighted by molar-refractivity contribution is -0.143. The van der Waals surface area contributed by atoms with Crippen LogP contribution in [-0.2, 0) is 9.53 Å². The Labute approximate surface area is 187 Å². The van der Waals surface area contributed by atoms with Gasteiger partial charge in [-0.3, -0.25) is 0 Å². The summed E-state index contributed by atoms with van der Waals surface area (Å²) in [4.78, 5) is 38.8. The van der Waals surface area contributed by atoms with Crippen molar-refractivity contribution in [3.8, 4) is 0 Å². The monoisotopic (exact) mass is 439 g/mol. The van der Waals surface area contributed by atoms with E-state index in [1.54, 1.807) is 24.3 Å². The van der Waals surface area contributed by atoms with Gasteiger partial charge in [-0.15, -0.1) is 0 Å². The van der Waals surface area contributed by atoms with Gasteiger partial charge in [0.1, 0.15) is 0 Å². The van der Waals surface area contributed by atoms with Crippen LogP contribution in [0.2, 0.25) is 0 Å². The number of ether oxygens (including phenoxy) is 1. The molecule has 8 nitrogen and oxygen atoms in total. The van der Waals surface area contributed by atoms with Crippen molar-refractivity contribution < 1.29 is 24.2 Å². The second kappa shape index (κ2) is 10.2. The van der Waals surface area contributed by atoms with Gasteiger partial charge in [0.25, 0.3) is 0 Å². The molecular weight excluding hydrogens is 410 g/mol. The number of carbonyl (C=O) groups excluding carboxylic acids is 2. The molecule has 0 bridgehead atoms. The number of esters is 1. The molecule has 4 N–H and O–H groups in total. The molecule has 0 aliphatic heterocycles. The van der Waals surface area contributed by atoms with Gasteiger partial charge in [0.15, 0.2) is 5.54 Å². The van der Waals surface area contributed by atoms with Crippen LogP contribution in [0.1, 0.15) is 49.4 Å². The Bertz CT molecular complexity index is 959. The fourth-order valence-corrected chi connectivity index (χ4v) is 4.02. The van der Waals surface area contributed by atoms with E-state index < -0.39 is 23.6 Å². The summed E-state index contributed by atoms with van der Waals surface area (Å²) in [6, 6.07) is 15.4. The van der Waals surface area contributed by atoms with Crippen molar-refractivity contribution in [2.45, 2.75) is 50.6 Å². The zero-order valence-corrected chi connectivity index (χ0v) is 18.1. The van der Waals surface area contributed by atoms with Gasteiger partial charge < -0.3 is 25.8 Å². The summed E-state index contributed by atoms with van der Waals surface area (Å²) in [7, 11) is 0. The van der Waals surface area contributed by atoms with E-state index in [9.17, 15) is 19.5 Å². The molecule has 0 radical (unpaired) electrons. The molecule has 3 rings (SSSR count). The van der Waals surface area contributed by atoms with Gasteiger partial charge in [-0.1, -0.05) is 49.6 Å². The second-order valence-electron chi connectivity index (χ2n) is 8.28. The Balaban J connectivity index is 1.80. The molecule has 0 spiro atoms. The van der Waals surface area contributed by atoms with Crippen molar-refractivity contribution in [1.82, 2.24) is 5.32 Å². The number of carbonyl (C=O) groups is 3. The highest BCUT2D eigenvalue weighted by Gasteiger charge is 2.40. The lowest BCUT2D eigenvalue weighted by atomic mass is 9.91. The number of nitrogens with one attached hydrogen (secondary N) is 1. The molecule has 0 unspecified atom stereocenters. The van der Waals surface area contributed by atoms with Crippen LogP contribution < -0.4 is 16.0 Å². The first kappa shape index (κ1) is 23.1. The molecule has 1 amide bonds. The predicted molar refractivity (Wildman–Crippen MR) is 122 cm³/mol. The first-order valence-corrected chi connectivity index (χ1v) is 10.7. The van der Waals surface area contributed by atoms with Crippen molar-refractivity contribution in [1.29, 1.82) is 0 Å². The molecule has 170 valence electrons. The summed E-state index contributed by atoms with van der Waals surface area (Å²) < 4.78 is 4.84. The number of para-hydroxylation sites is 2.